The van der Waals surface area contributed by atoms with Gasteiger partial charge in [-0.15, -0.1) is 10.2 Å². The van der Waals surface area contributed by atoms with Crippen molar-refractivity contribution in [3.8, 4) is 17.3 Å². The molecule has 0 aliphatic carbocycles. The fraction of sp³-hybridized carbons (Fsp3) is 0.136. The first-order valence-corrected chi connectivity index (χ1v) is 10.3. The van der Waals surface area contributed by atoms with E-state index in [1.165, 1.54) is 11.8 Å². The first-order chi connectivity index (χ1) is 14.7. The van der Waals surface area contributed by atoms with Crippen molar-refractivity contribution in [3.05, 3.63) is 78.6 Å². The fourth-order valence-corrected chi connectivity index (χ4v) is 3.69. The molecule has 4 rings (SSSR count). The Morgan fingerprint density at radius 3 is 2.63 bits per heavy atom. The van der Waals surface area contributed by atoms with Crippen molar-refractivity contribution in [2.24, 2.45) is 0 Å². The maximum Gasteiger partial charge on any atom is 0.234 e. The molecular weight excluding hydrogens is 400 g/mol. The summed E-state index contributed by atoms with van der Waals surface area (Å²) in [5.41, 5.74) is 1.73. The van der Waals surface area contributed by atoms with Crippen LogP contribution >= 0.6 is 11.8 Å². The van der Waals surface area contributed by atoms with E-state index >= 15 is 0 Å². The van der Waals surface area contributed by atoms with Crippen LogP contribution in [0.4, 0.5) is 5.69 Å². The van der Waals surface area contributed by atoms with E-state index in [9.17, 15) is 4.79 Å². The van der Waals surface area contributed by atoms with Crippen LogP contribution in [0.15, 0.2) is 82.6 Å². The van der Waals surface area contributed by atoms with Gasteiger partial charge in [0.1, 0.15) is 5.75 Å². The number of thioether (sulfide) groups is 1. The largest absolute Gasteiger partial charge is 0.495 e. The molecule has 0 aliphatic rings. The molecule has 0 saturated carbocycles. The van der Waals surface area contributed by atoms with E-state index in [0.717, 1.165) is 5.56 Å². The van der Waals surface area contributed by atoms with E-state index in [-0.39, 0.29) is 11.7 Å². The maximum atomic E-state index is 12.5. The number of furan rings is 1. The number of nitrogens with zero attached hydrogens (tertiary/aromatic N) is 3. The summed E-state index contributed by atoms with van der Waals surface area (Å²) in [4.78, 5) is 12.5. The molecule has 4 aromatic rings. The van der Waals surface area contributed by atoms with Gasteiger partial charge in [-0.25, -0.2) is 0 Å². The Balaban J connectivity index is 1.51. The van der Waals surface area contributed by atoms with E-state index in [1.807, 2.05) is 59.2 Å². The number of methoxy groups -OCH3 is 1. The Morgan fingerprint density at radius 2 is 1.87 bits per heavy atom. The van der Waals surface area contributed by atoms with Crippen molar-refractivity contribution >= 4 is 23.4 Å². The van der Waals surface area contributed by atoms with Crippen LogP contribution < -0.4 is 10.1 Å². The number of rotatable bonds is 8. The van der Waals surface area contributed by atoms with Crippen LogP contribution in [-0.2, 0) is 11.3 Å². The van der Waals surface area contributed by atoms with Crippen molar-refractivity contribution in [2.45, 2.75) is 11.7 Å². The number of para-hydroxylation sites is 2. The Kier molecular flexibility index (Phi) is 6.14. The van der Waals surface area contributed by atoms with Crippen LogP contribution in [0.3, 0.4) is 0 Å². The summed E-state index contributed by atoms with van der Waals surface area (Å²) in [5.74, 6) is 1.89. The highest BCUT2D eigenvalue weighted by Gasteiger charge is 2.18. The average Bonchev–Trinajstić information content (AvgIpc) is 3.43. The Labute approximate surface area is 178 Å². The van der Waals surface area contributed by atoms with E-state index in [0.29, 0.717) is 34.7 Å². The third-order valence-electron chi connectivity index (χ3n) is 4.36. The summed E-state index contributed by atoms with van der Waals surface area (Å²) in [7, 11) is 1.57. The second-order valence-corrected chi connectivity index (χ2v) is 7.33. The summed E-state index contributed by atoms with van der Waals surface area (Å²) in [5, 5.41) is 12.1. The number of nitrogens with one attached hydrogen (secondary N) is 1. The monoisotopic (exact) mass is 420 g/mol. The highest BCUT2D eigenvalue weighted by Crippen LogP contribution is 2.27. The predicted molar refractivity (Wildman–Crippen MR) is 116 cm³/mol. The molecule has 0 aliphatic heterocycles. The zero-order valence-corrected chi connectivity index (χ0v) is 17.1. The standard InChI is InChI=1S/C22H20N4O3S/c1-28-18-11-6-5-10-17(18)23-20(27)15-30-22-25-24-21(19-12-7-13-29-19)26(22)14-16-8-3-2-4-9-16/h2-13H,14-15H2,1H3,(H,23,27). The lowest BCUT2D eigenvalue weighted by Gasteiger charge is -2.11. The smallest absolute Gasteiger partial charge is 0.234 e. The quantitative estimate of drug-likeness (QED) is 0.427. The highest BCUT2D eigenvalue weighted by atomic mass is 32.2. The van der Waals surface area contributed by atoms with Crippen LogP contribution in [-0.4, -0.2) is 33.5 Å². The van der Waals surface area contributed by atoms with Crippen molar-refractivity contribution < 1.29 is 13.9 Å². The predicted octanol–water partition coefficient (Wildman–Crippen LogP) is 4.33. The minimum absolute atomic E-state index is 0.154. The van der Waals surface area contributed by atoms with E-state index in [2.05, 4.69) is 15.5 Å². The number of carbonyl (C=O) groups is 1. The van der Waals surface area contributed by atoms with Crippen LogP contribution in [0.1, 0.15) is 5.56 Å². The average molecular weight is 420 g/mol. The minimum Gasteiger partial charge on any atom is -0.495 e. The molecule has 0 atom stereocenters. The molecule has 0 bridgehead atoms. The van der Waals surface area contributed by atoms with Gasteiger partial charge in [0.15, 0.2) is 10.9 Å². The lowest BCUT2D eigenvalue weighted by Crippen LogP contribution is -2.15. The summed E-state index contributed by atoms with van der Waals surface area (Å²) < 4.78 is 12.7. The molecule has 152 valence electrons. The summed E-state index contributed by atoms with van der Waals surface area (Å²) in [6, 6.07) is 21.0. The molecule has 2 aromatic carbocycles. The third-order valence-corrected chi connectivity index (χ3v) is 5.32. The van der Waals surface area contributed by atoms with Gasteiger partial charge in [-0.1, -0.05) is 54.2 Å². The van der Waals surface area contributed by atoms with Gasteiger partial charge in [0.2, 0.25) is 11.7 Å². The van der Waals surface area contributed by atoms with Gasteiger partial charge >= 0.3 is 0 Å². The first kappa shape index (κ1) is 19.8. The van der Waals surface area contributed by atoms with Crippen LogP contribution in [0.25, 0.3) is 11.6 Å². The molecule has 7 nitrogen and oxygen atoms in total. The Morgan fingerprint density at radius 1 is 1.07 bits per heavy atom. The van der Waals surface area contributed by atoms with Crippen molar-refractivity contribution in [1.82, 2.24) is 14.8 Å². The molecule has 0 spiro atoms. The van der Waals surface area contributed by atoms with Crippen molar-refractivity contribution in [2.75, 3.05) is 18.2 Å². The summed E-state index contributed by atoms with van der Waals surface area (Å²) in [6.45, 7) is 0.570. The van der Waals surface area contributed by atoms with Crippen LogP contribution in [0.5, 0.6) is 5.75 Å². The molecule has 2 aromatic heterocycles. The van der Waals surface area contributed by atoms with Gasteiger partial charge in [0, 0.05) is 0 Å². The maximum absolute atomic E-state index is 12.5. The first-order valence-electron chi connectivity index (χ1n) is 9.31. The molecule has 0 radical (unpaired) electrons. The number of aromatic nitrogens is 3. The van der Waals surface area contributed by atoms with Gasteiger partial charge in [-0.05, 0) is 29.8 Å². The summed E-state index contributed by atoms with van der Waals surface area (Å²) >= 11 is 1.32. The summed E-state index contributed by atoms with van der Waals surface area (Å²) in [6.07, 6.45) is 1.60. The molecule has 1 N–H and O–H groups in total. The highest BCUT2D eigenvalue weighted by molar-refractivity contribution is 7.99. The molecule has 8 heteroatoms. The van der Waals surface area contributed by atoms with E-state index in [1.54, 1.807) is 25.5 Å². The molecule has 2 heterocycles. The molecule has 0 unspecified atom stereocenters. The number of ether oxygens (including phenoxy) is 1. The third kappa shape index (κ3) is 4.55. The zero-order chi connectivity index (χ0) is 20.8. The van der Waals surface area contributed by atoms with E-state index in [4.69, 9.17) is 9.15 Å². The normalized spacial score (nSPS) is 10.7. The van der Waals surface area contributed by atoms with Gasteiger partial charge < -0.3 is 14.5 Å². The van der Waals surface area contributed by atoms with Gasteiger partial charge in [0.05, 0.1) is 31.4 Å². The number of carbonyl (C=O) groups excluding carboxylic acids is 1. The fourth-order valence-electron chi connectivity index (χ4n) is 2.96. The van der Waals surface area contributed by atoms with Gasteiger partial charge in [-0.2, -0.15) is 0 Å². The number of amides is 1. The molecular formula is C22H20N4O3S. The Bertz CT molecular complexity index is 1110. The molecule has 30 heavy (non-hydrogen) atoms. The molecule has 0 saturated heterocycles. The van der Waals surface area contributed by atoms with Crippen LogP contribution in [0, 0.1) is 0 Å². The van der Waals surface area contributed by atoms with Gasteiger partial charge in [0.25, 0.3) is 0 Å². The lowest BCUT2D eigenvalue weighted by molar-refractivity contribution is -0.113. The minimum atomic E-state index is -0.154. The number of benzene rings is 2. The van der Waals surface area contributed by atoms with Crippen molar-refractivity contribution in [3.63, 3.8) is 0 Å². The number of anilines is 1. The number of hydrogen-bond donors (Lipinski definition) is 1. The number of hydrogen-bond acceptors (Lipinski definition) is 6. The second kappa shape index (κ2) is 9.32. The Hall–Kier alpha value is -3.52. The molecule has 0 fully saturated rings. The van der Waals surface area contributed by atoms with Crippen molar-refractivity contribution in [1.29, 1.82) is 0 Å². The lowest BCUT2D eigenvalue weighted by atomic mass is 10.2. The zero-order valence-electron chi connectivity index (χ0n) is 16.3. The topological polar surface area (TPSA) is 82.2 Å². The van der Waals surface area contributed by atoms with Gasteiger partial charge in [-0.3, -0.25) is 9.36 Å². The van der Waals surface area contributed by atoms with E-state index < -0.39 is 0 Å². The second-order valence-electron chi connectivity index (χ2n) is 6.39. The molecule has 1 amide bonds. The van der Waals surface area contributed by atoms with Crippen LogP contribution in [0.2, 0.25) is 0 Å². The SMILES string of the molecule is COc1ccccc1NC(=O)CSc1nnc(-c2ccco2)n1Cc1ccccc1.